The summed E-state index contributed by atoms with van der Waals surface area (Å²) >= 11 is 5.91. The number of rotatable bonds is 3. The van der Waals surface area contributed by atoms with Gasteiger partial charge in [-0.15, -0.1) is 0 Å². The number of fused-ring (bicyclic) bond motifs is 1. The molecule has 0 saturated carbocycles. The van der Waals surface area contributed by atoms with Gasteiger partial charge >= 0.3 is 12.4 Å². The molecular formula is C15H9ClF7N5OS. The highest BCUT2D eigenvalue weighted by molar-refractivity contribution is 7.17. The second-order valence-corrected chi connectivity index (χ2v) is 7.83. The number of aromatic nitrogens is 4. The molecule has 0 amide bonds. The minimum Gasteiger partial charge on any atom is -0.350 e. The molecule has 4 heterocycles. The van der Waals surface area contributed by atoms with Crippen LogP contribution in [-0.4, -0.2) is 38.4 Å². The first-order chi connectivity index (χ1) is 13.8. The number of halogens is 8. The van der Waals surface area contributed by atoms with Crippen LogP contribution in [0.3, 0.4) is 0 Å². The van der Waals surface area contributed by atoms with E-state index >= 15 is 0 Å². The first-order valence-electron chi connectivity index (χ1n) is 8.17. The van der Waals surface area contributed by atoms with E-state index in [-0.39, 0.29) is 40.2 Å². The summed E-state index contributed by atoms with van der Waals surface area (Å²) in [6.45, 7) is -1.07. The topological polar surface area (TPSA) is 55.4 Å². The van der Waals surface area contributed by atoms with E-state index in [1.807, 2.05) is 0 Å². The van der Waals surface area contributed by atoms with Crippen molar-refractivity contribution in [2.45, 2.75) is 25.1 Å². The summed E-state index contributed by atoms with van der Waals surface area (Å²) in [5.41, 5.74) is -2.28. The van der Waals surface area contributed by atoms with Gasteiger partial charge in [-0.2, -0.15) is 31.4 Å². The van der Waals surface area contributed by atoms with Gasteiger partial charge in [-0.1, -0.05) is 22.9 Å². The average Bonchev–Trinajstić information content (AvgIpc) is 3.13. The summed E-state index contributed by atoms with van der Waals surface area (Å²) in [7, 11) is 0. The third kappa shape index (κ3) is 3.62. The number of nitrogens with zero attached hydrogens (tertiary/aromatic N) is 5. The lowest BCUT2D eigenvalue weighted by Crippen LogP contribution is -2.50. The highest BCUT2D eigenvalue weighted by atomic mass is 35.5. The second kappa shape index (κ2) is 6.83. The van der Waals surface area contributed by atoms with E-state index in [4.69, 9.17) is 11.6 Å². The number of hydrogen-bond acceptors (Lipinski definition) is 5. The molecule has 4 rings (SSSR count). The Balaban J connectivity index is 1.78. The monoisotopic (exact) mass is 475 g/mol. The first kappa shape index (κ1) is 20.9. The van der Waals surface area contributed by atoms with E-state index in [2.05, 4.69) is 10.1 Å². The van der Waals surface area contributed by atoms with Crippen molar-refractivity contribution in [3.05, 3.63) is 43.9 Å². The Bertz CT molecular complexity index is 1180. The molecule has 3 aromatic rings. The van der Waals surface area contributed by atoms with Crippen LogP contribution in [0.1, 0.15) is 16.3 Å². The molecule has 15 heteroatoms. The molecule has 1 fully saturated rings. The minimum absolute atomic E-state index is 0.132. The molecule has 0 atom stereocenters. The van der Waals surface area contributed by atoms with Gasteiger partial charge in [0.05, 0.1) is 25.3 Å². The quantitative estimate of drug-likeness (QED) is 0.540. The summed E-state index contributed by atoms with van der Waals surface area (Å²) in [5.74, 6) is -0.503. The Kier molecular flexibility index (Phi) is 4.76. The number of anilines is 1. The average molecular weight is 476 g/mol. The van der Waals surface area contributed by atoms with Gasteiger partial charge in [-0.25, -0.2) is 18.5 Å². The van der Waals surface area contributed by atoms with Crippen LogP contribution >= 0.6 is 22.9 Å². The van der Waals surface area contributed by atoms with Crippen LogP contribution in [0.15, 0.2) is 16.9 Å². The Morgan fingerprint density at radius 2 is 1.80 bits per heavy atom. The smallest absolute Gasteiger partial charge is 0.350 e. The minimum atomic E-state index is -4.81. The molecule has 0 aliphatic carbocycles. The Morgan fingerprint density at radius 1 is 1.13 bits per heavy atom. The standard InChI is InChI=1S/C15H9ClF7N5OS/c16-9-2-8(14(18,19)20)25-27(9)5-7-1-10(29)28-12(26-3-6(17)4-26)11(15(21,22)23)30-13(28)24-7/h1-2,6H,3-5H2. The predicted octanol–water partition coefficient (Wildman–Crippen LogP) is 3.85. The van der Waals surface area contributed by atoms with Crippen molar-refractivity contribution in [2.24, 2.45) is 0 Å². The SMILES string of the molecule is O=c1cc(Cn2nc(C(F)(F)F)cc2Cl)nc2sc(C(F)(F)F)c(N3CC(F)C3)n12. The van der Waals surface area contributed by atoms with Crippen LogP contribution in [0.4, 0.5) is 36.6 Å². The summed E-state index contributed by atoms with van der Waals surface area (Å²) < 4.78 is 93.3. The van der Waals surface area contributed by atoms with Gasteiger partial charge in [-0.3, -0.25) is 4.79 Å². The van der Waals surface area contributed by atoms with E-state index in [0.29, 0.717) is 10.5 Å². The van der Waals surface area contributed by atoms with Crippen LogP contribution in [0.2, 0.25) is 5.15 Å². The molecule has 0 N–H and O–H groups in total. The molecule has 30 heavy (non-hydrogen) atoms. The van der Waals surface area contributed by atoms with E-state index in [9.17, 15) is 35.5 Å². The van der Waals surface area contributed by atoms with Crippen molar-refractivity contribution in [1.29, 1.82) is 0 Å². The molecule has 3 aromatic heterocycles. The zero-order valence-corrected chi connectivity index (χ0v) is 16.0. The fraction of sp³-hybridized carbons (Fsp3) is 0.400. The van der Waals surface area contributed by atoms with Gasteiger partial charge in [-0.05, 0) is 0 Å². The van der Waals surface area contributed by atoms with Gasteiger partial charge < -0.3 is 4.90 Å². The van der Waals surface area contributed by atoms with Crippen molar-refractivity contribution < 1.29 is 30.7 Å². The van der Waals surface area contributed by atoms with E-state index in [1.165, 1.54) is 0 Å². The van der Waals surface area contributed by atoms with Crippen molar-refractivity contribution in [1.82, 2.24) is 19.2 Å². The van der Waals surface area contributed by atoms with Crippen molar-refractivity contribution in [2.75, 3.05) is 18.0 Å². The summed E-state index contributed by atoms with van der Waals surface area (Å²) in [6.07, 6.45) is -10.9. The number of hydrogen-bond donors (Lipinski definition) is 0. The summed E-state index contributed by atoms with van der Waals surface area (Å²) in [4.78, 5) is 16.1. The van der Waals surface area contributed by atoms with Crippen molar-refractivity contribution in [3.8, 4) is 0 Å². The maximum absolute atomic E-state index is 13.5. The zero-order valence-electron chi connectivity index (χ0n) is 14.4. The van der Waals surface area contributed by atoms with Gasteiger partial charge in [0, 0.05) is 12.1 Å². The highest BCUT2D eigenvalue weighted by Crippen LogP contribution is 2.43. The van der Waals surface area contributed by atoms with E-state index in [1.54, 1.807) is 0 Å². The molecular weight excluding hydrogens is 467 g/mol. The maximum atomic E-state index is 13.5. The molecule has 0 radical (unpaired) electrons. The van der Waals surface area contributed by atoms with Gasteiger partial charge in [0.1, 0.15) is 17.1 Å². The lowest BCUT2D eigenvalue weighted by Gasteiger charge is -2.36. The van der Waals surface area contributed by atoms with Gasteiger partial charge in [0.25, 0.3) is 5.56 Å². The second-order valence-electron chi connectivity index (χ2n) is 6.47. The molecule has 0 spiro atoms. The fourth-order valence-electron chi connectivity index (χ4n) is 2.95. The molecule has 0 aromatic carbocycles. The van der Waals surface area contributed by atoms with Crippen molar-refractivity contribution in [3.63, 3.8) is 0 Å². The van der Waals surface area contributed by atoms with Crippen LogP contribution < -0.4 is 10.5 Å². The Hall–Kier alpha value is -2.35. The Labute approximate surface area is 171 Å². The molecule has 1 aliphatic heterocycles. The molecule has 1 saturated heterocycles. The maximum Gasteiger partial charge on any atom is 0.435 e. The summed E-state index contributed by atoms with van der Waals surface area (Å²) in [6, 6.07) is 1.45. The van der Waals surface area contributed by atoms with Crippen LogP contribution in [0.5, 0.6) is 0 Å². The third-order valence-electron chi connectivity index (χ3n) is 4.28. The molecule has 162 valence electrons. The third-order valence-corrected chi connectivity index (χ3v) is 5.66. The predicted molar refractivity (Wildman–Crippen MR) is 92.8 cm³/mol. The molecule has 0 unspecified atom stereocenters. The van der Waals surface area contributed by atoms with E-state index < -0.39 is 47.0 Å². The lowest BCUT2D eigenvalue weighted by atomic mass is 10.2. The number of thiazole rings is 1. The van der Waals surface area contributed by atoms with Crippen LogP contribution in [0.25, 0.3) is 4.96 Å². The zero-order chi connectivity index (χ0) is 22.0. The van der Waals surface area contributed by atoms with Gasteiger partial charge in [0.15, 0.2) is 15.5 Å². The van der Waals surface area contributed by atoms with Gasteiger partial charge in [0.2, 0.25) is 0 Å². The first-order valence-corrected chi connectivity index (χ1v) is 9.36. The number of alkyl halides is 7. The van der Waals surface area contributed by atoms with Crippen LogP contribution in [-0.2, 0) is 18.9 Å². The van der Waals surface area contributed by atoms with E-state index in [0.717, 1.165) is 15.6 Å². The molecule has 0 bridgehead atoms. The summed E-state index contributed by atoms with van der Waals surface area (Å²) in [5, 5.41) is 2.90. The van der Waals surface area contributed by atoms with Crippen LogP contribution in [0, 0.1) is 0 Å². The lowest BCUT2D eigenvalue weighted by molar-refractivity contribution is -0.141. The fourth-order valence-corrected chi connectivity index (χ4v) is 4.20. The highest BCUT2D eigenvalue weighted by Gasteiger charge is 2.42. The Morgan fingerprint density at radius 3 is 2.33 bits per heavy atom. The normalized spacial score (nSPS) is 15.8. The molecule has 6 nitrogen and oxygen atoms in total. The van der Waals surface area contributed by atoms with Crippen molar-refractivity contribution >= 4 is 33.7 Å². The largest absolute Gasteiger partial charge is 0.435 e. The molecule has 1 aliphatic rings.